The fourth-order valence-electron chi connectivity index (χ4n) is 3.08. The molecule has 1 aromatic carbocycles. The number of carboxylic acid groups (broad SMARTS) is 1. The smallest absolute Gasteiger partial charge is 0.315 e. The van der Waals surface area contributed by atoms with E-state index >= 15 is 0 Å². The van der Waals surface area contributed by atoms with Crippen molar-refractivity contribution in [2.45, 2.75) is 12.5 Å². The number of rotatable bonds is 3. The molecule has 0 bridgehead atoms. The van der Waals surface area contributed by atoms with Crippen LogP contribution in [-0.2, 0) is 4.79 Å². The first-order valence-electron chi connectivity index (χ1n) is 7.39. The first-order chi connectivity index (χ1) is 11.1. The lowest BCUT2D eigenvalue weighted by molar-refractivity contribution is -0.141. The molecule has 1 aromatic heterocycles. The van der Waals surface area contributed by atoms with Gasteiger partial charge < -0.3 is 5.11 Å². The molecule has 0 amide bonds. The summed E-state index contributed by atoms with van der Waals surface area (Å²) in [5.41, 5.74) is 0.466. The lowest BCUT2D eigenvalue weighted by Crippen LogP contribution is -2.29. The summed E-state index contributed by atoms with van der Waals surface area (Å²) in [6.07, 6.45) is 7.43. The van der Waals surface area contributed by atoms with Gasteiger partial charge in [-0.3, -0.25) is 14.2 Å². The standard InChI is InChI=1S/C18H14N2O3/c21-16-10-13(7-6-12-4-2-1-3-5-12)19-15-8-9-18(17(22)23)11-14(18)20(15)16/h1-10,14H,11H2,(H,22,23)/b7-6+. The zero-order valence-electron chi connectivity index (χ0n) is 12.2. The van der Waals surface area contributed by atoms with E-state index < -0.39 is 11.4 Å². The highest BCUT2D eigenvalue weighted by Crippen LogP contribution is 2.59. The number of aliphatic carboxylic acids is 1. The predicted octanol–water partition coefficient (Wildman–Crippen LogP) is 2.46. The maximum absolute atomic E-state index is 12.4. The zero-order valence-corrected chi connectivity index (χ0v) is 12.2. The van der Waals surface area contributed by atoms with E-state index in [1.54, 1.807) is 18.2 Å². The normalized spacial score (nSPS) is 24.3. The Balaban J connectivity index is 1.70. The van der Waals surface area contributed by atoms with Crippen LogP contribution in [0.15, 0.2) is 47.3 Å². The molecule has 2 unspecified atom stereocenters. The summed E-state index contributed by atoms with van der Waals surface area (Å²) in [4.78, 5) is 28.2. The second-order valence-electron chi connectivity index (χ2n) is 5.89. The van der Waals surface area contributed by atoms with Gasteiger partial charge >= 0.3 is 5.97 Å². The Morgan fingerprint density at radius 3 is 2.83 bits per heavy atom. The van der Waals surface area contributed by atoms with Gasteiger partial charge in [-0.1, -0.05) is 42.5 Å². The average molecular weight is 306 g/mol. The number of hydrogen-bond acceptors (Lipinski definition) is 3. The molecule has 2 heterocycles. The Hall–Kier alpha value is -2.95. The Bertz CT molecular complexity index is 912. The van der Waals surface area contributed by atoms with Crippen LogP contribution in [0.3, 0.4) is 0 Å². The van der Waals surface area contributed by atoms with Gasteiger partial charge in [0.2, 0.25) is 0 Å². The number of nitrogens with zero attached hydrogens (tertiary/aromatic N) is 2. The predicted molar refractivity (Wildman–Crippen MR) is 86.6 cm³/mol. The summed E-state index contributed by atoms with van der Waals surface area (Å²) in [6.45, 7) is 0. The van der Waals surface area contributed by atoms with Crippen molar-refractivity contribution in [2.24, 2.45) is 5.41 Å². The van der Waals surface area contributed by atoms with Crippen molar-refractivity contribution >= 4 is 24.2 Å². The largest absolute Gasteiger partial charge is 0.481 e. The number of hydrogen-bond donors (Lipinski definition) is 1. The first-order valence-corrected chi connectivity index (χ1v) is 7.39. The maximum atomic E-state index is 12.4. The zero-order chi connectivity index (χ0) is 16.0. The lowest BCUT2D eigenvalue weighted by Gasteiger charge is -2.17. The van der Waals surface area contributed by atoms with Crippen molar-refractivity contribution in [1.82, 2.24) is 9.55 Å². The van der Waals surface area contributed by atoms with E-state index in [1.165, 1.54) is 10.6 Å². The van der Waals surface area contributed by atoms with Gasteiger partial charge in [0.05, 0.1) is 11.7 Å². The van der Waals surface area contributed by atoms with Crippen LogP contribution in [0, 0.1) is 5.41 Å². The van der Waals surface area contributed by atoms with Gasteiger partial charge in [0, 0.05) is 6.07 Å². The Labute approximate surface area is 132 Å². The number of benzene rings is 1. The monoisotopic (exact) mass is 306 g/mol. The molecule has 1 N–H and O–H groups in total. The third-order valence-corrected chi connectivity index (χ3v) is 4.45. The Kier molecular flexibility index (Phi) is 2.84. The van der Waals surface area contributed by atoms with Crippen molar-refractivity contribution in [2.75, 3.05) is 0 Å². The van der Waals surface area contributed by atoms with Gasteiger partial charge in [-0.15, -0.1) is 0 Å². The second-order valence-corrected chi connectivity index (χ2v) is 5.89. The molecule has 5 heteroatoms. The molecule has 0 radical (unpaired) electrons. The van der Waals surface area contributed by atoms with Crippen LogP contribution in [-0.4, -0.2) is 20.6 Å². The van der Waals surface area contributed by atoms with Crippen LogP contribution in [0.4, 0.5) is 0 Å². The molecule has 1 fully saturated rings. The fourth-order valence-corrected chi connectivity index (χ4v) is 3.08. The van der Waals surface area contributed by atoms with Crippen LogP contribution < -0.4 is 5.56 Å². The van der Waals surface area contributed by atoms with Crippen molar-refractivity contribution in [3.8, 4) is 0 Å². The van der Waals surface area contributed by atoms with Crippen molar-refractivity contribution in [3.05, 3.63) is 69.9 Å². The first kappa shape index (κ1) is 13.7. The van der Waals surface area contributed by atoms with Gasteiger partial charge in [0.15, 0.2) is 0 Å². The molecule has 1 aliphatic carbocycles. The van der Waals surface area contributed by atoms with E-state index in [9.17, 15) is 14.7 Å². The summed E-state index contributed by atoms with van der Waals surface area (Å²) < 4.78 is 1.49. The molecule has 0 saturated heterocycles. The molecule has 4 rings (SSSR count). The average Bonchev–Trinajstić information content (AvgIpc) is 3.30. The minimum absolute atomic E-state index is 0.208. The summed E-state index contributed by atoms with van der Waals surface area (Å²) in [5, 5.41) is 9.32. The number of fused-ring (bicyclic) bond motifs is 3. The van der Waals surface area contributed by atoms with E-state index in [0.29, 0.717) is 17.9 Å². The van der Waals surface area contributed by atoms with Gasteiger partial charge in [0.25, 0.3) is 5.56 Å². The molecular weight excluding hydrogens is 292 g/mol. The number of carboxylic acids is 1. The molecule has 5 nitrogen and oxygen atoms in total. The summed E-state index contributed by atoms with van der Waals surface area (Å²) in [7, 11) is 0. The Morgan fingerprint density at radius 2 is 2.09 bits per heavy atom. The summed E-state index contributed by atoms with van der Waals surface area (Å²) in [6, 6.07) is 10.9. The number of aromatic nitrogens is 2. The van der Waals surface area contributed by atoms with Crippen LogP contribution >= 0.6 is 0 Å². The quantitative estimate of drug-likeness (QED) is 0.945. The maximum Gasteiger partial charge on any atom is 0.315 e. The second kappa shape index (κ2) is 4.78. The molecular formula is C18H14N2O3. The van der Waals surface area contributed by atoms with Gasteiger partial charge in [-0.25, -0.2) is 4.98 Å². The van der Waals surface area contributed by atoms with Crippen molar-refractivity contribution in [3.63, 3.8) is 0 Å². The molecule has 2 atom stereocenters. The topological polar surface area (TPSA) is 72.2 Å². The van der Waals surface area contributed by atoms with Crippen LogP contribution in [0.2, 0.25) is 0 Å². The molecule has 2 aromatic rings. The molecule has 23 heavy (non-hydrogen) atoms. The van der Waals surface area contributed by atoms with E-state index in [4.69, 9.17) is 0 Å². The SMILES string of the molecule is O=C(O)C12C=Cc3nc(/C=C/c4ccccc4)cc(=O)n3C1C2. The molecule has 1 saturated carbocycles. The molecule has 114 valence electrons. The third-order valence-electron chi connectivity index (χ3n) is 4.45. The summed E-state index contributed by atoms with van der Waals surface area (Å²) >= 11 is 0. The van der Waals surface area contributed by atoms with Gasteiger partial charge in [-0.2, -0.15) is 0 Å². The lowest BCUT2D eigenvalue weighted by atomic mass is 10.0. The summed E-state index contributed by atoms with van der Waals surface area (Å²) in [5.74, 6) is -0.367. The van der Waals surface area contributed by atoms with Crippen molar-refractivity contribution in [1.29, 1.82) is 0 Å². The van der Waals surface area contributed by atoms with E-state index in [-0.39, 0.29) is 11.6 Å². The van der Waals surface area contributed by atoms with Crippen LogP contribution in [0.25, 0.3) is 18.2 Å². The minimum atomic E-state index is -0.917. The fraction of sp³-hybridized carbons (Fsp3) is 0.167. The van der Waals surface area contributed by atoms with Gasteiger partial charge in [-0.05, 0) is 24.1 Å². The van der Waals surface area contributed by atoms with Crippen LogP contribution in [0.5, 0.6) is 0 Å². The van der Waals surface area contributed by atoms with Crippen molar-refractivity contribution < 1.29 is 9.90 Å². The molecule has 2 aliphatic rings. The molecule has 1 aliphatic heterocycles. The third kappa shape index (κ3) is 2.12. The number of carbonyl (C=O) groups is 1. The van der Waals surface area contributed by atoms with E-state index in [0.717, 1.165) is 5.56 Å². The highest BCUT2D eigenvalue weighted by atomic mass is 16.4. The molecule has 0 spiro atoms. The van der Waals surface area contributed by atoms with E-state index in [2.05, 4.69) is 4.98 Å². The highest BCUT2D eigenvalue weighted by Gasteiger charge is 2.62. The minimum Gasteiger partial charge on any atom is -0.481 e. The highest BCUT2D eigenvalue weighted by molar-refractivity contribution is 5.84. The Morgan fingerprint density at radius 1 is 1.30 bits per heavy atom. The van der Waals surface area contributed by atoms with Gasteiger partial charge in [0.1, 0.15) is 11.2 Å². The van der Waals surface area contributed by atoms with E-state index in [1.807, 2.05) is 36.4 Å². The van der Waals surface area contributed by atoms with Crippen LogP contribution in [0.1, 0.15) is 29.5 Å².